The van der Waals surface area contributed by atoms with Crippen molar-refractivity contribution in [3.8, 4) is 11.5 Å². The van der Waals surface area contributed by atoms with Crippen LogP contribution in [0.4, 0.5) is 0 Å². The zero-order valence-electron chi connectivity index (χ0n) is 15.1. The number of ether oxygens (including phenoxy) is 2. The Morgan fingerprint density at radius 3 is 2.00 bits per heavy atom. The van der Waals surface area contributed by atoms with Crippen molar-refractivity contribution in [2.45, 2.75) is 51.4 Å². The molecule has 2 aromatic carbocycles. The molecule has 4 heteroatoms. The standard InChI is InChI=1S/C22H24O4/c1-2-21(23)25-19-12-14-20(15-13-19)26-22(24)18-10-8-17(9-11-18)16-6-4-3-5-7-16/h8-16H,2-7H2,1H3. The number of hydrogen-bond donors (Lipinski definition) is 0. The van der Waals surface area contributed by atoms with Crippen LogP contribution in [-0.4, -0.2) is 11.9 Å². The van der Waals surface area contributed by atoms with Crippen molar-refractivity contribution in [3.05, 3.63) is 59.7 Å². The average molecular weight is 352 g/mol. The van der Waals surface area contributed by atoms with E-state index in [0.29, 0.717) is 29.4 Å². The van der Waals surface area contributed by atoms with E-state index < -0.39 is 5.97 Å². The summed E-state index contributed by atoms with van der Waals surface area (Å²) in [7, 11) is 0. The largest absolute Gasteiger partial charge is 0.427 e. The number of carbonyl (C=O) groups excluding carboxylic acids is 2. The molecular formula is C22H24O4. The molecule has 0 heterocycles. The average Bonchev–Trinajstić information content (AvgIpc) is 2.70. The van der Waals surface area contributed by atoms with E-state index in [1.54, 1.807) is 31.2 Å². The van der Waals surface area contributed by atoms with Gasteiger partial charge in [0.05, 0.1) is 5.56 Å². The molecule has 0 N–H and O–H groups in total. The van der Waals surface area contributed by atoms with E-state index in [-0.39, 0.29) is 5.97 Å². The summed E-state index contributed by atoms with van der Waals surface area (Å²) in [5.41, 5.74) is 1.84. The molecule has 2 aromatic rings. The van der Waals surface area contributed by atoms with E-state index in [9.17, 15) is 9.59 Å². The smallest absolute Gasteiger partial charge is 0.343 e. The van der Waals surface area contributed by atoms with E-state index >= 15 is 0 Å². The molecule has 1 fully saturated rings. The van der Waals surface area contributed by atoms with Crippen molar-refractivity contribution in [2.75, 3.05) is 0 Å². The zero-order valence-corrected chi connectivity index (χ0v) is 15.1. The second-order valence-corrected chi connectivity index (χ2v) is 6.65. The van der Waals surface area contributed by atoms with Gasteiger partial charge < -0.3 is 9.47 Å². The number of esters is 2. The molecule has 26 heavy (non-hydrogen) atoms. The van der Waals surface area contributed by atoms with Crippen molar-refractivity contribution in [1.29, 1.82) is 0 Å². The van der Waals surface area contributed by atoms with Crippen molar-refractivity contribution in [3.63, 3.8) is 0 Å². The highest BCUT2D eigenvalue weighted by Crippen LogP contribution is 2.32. The Morgan fingerprint density at radius 1 is 0.846 bits per heavy atom. The van der Waals surface area contributed by atoms with Gasteiger partial charge in [-0.15, -0.1) is 0 Å². The van der Waals surface area contributed by atoms with Crippen LogP contribution in [0.5, 0.6) is 11.5 Å². The van der Waals surface area contributed by atoms with Crippen LogP contribution in [0.1, 0.15) is 67.3 Å². The van der Waals surface area contributed by atoms with Crippen molar-refractivity contribution in [1.82, 2.24) is 0 Å². The Kier molecular flexibility index (Phi) is 6.05. The van der Waals surface area contributed by atoms with Crippen molar-refractivity contribution < 1.29 is 19.1 Å². The van der Waals surface area contributed by atoms with Gasteiger partial charge in [-0.05, 0) is 60.7 Å². The maximum absolute atomic E-state index is 12.3. The van der Waals surface area contributed by atoms with Crippen LogP contribution in [0.25, 0.3) is 0 Å². The molecule has 0 unspecified atom stereocenters. The molecule has 0 saturated heterocycles. The maximum Gasteiger partial charge on any atom is 0.343 e. The molecule has 0 amide bonds. The molecule has 0 bridgehead atoms. The summed E-state index contributed by atoms with van der Waals surface area (Å²) >= 11 is 0. The molecule has 3 rings (SSSR count). The third kappa shape index (κ3) is 4.72. The minimum atomic E-state index is -0.390. The first kappa shape index (κ1) is 18.2. The van der Waals surface area contributed by atoms with E-state index in [1.165, 1.54) is 37.7 Å². The first-order valence-corrected chi connectivity index (χ1v) is 9.28. The molecule has 1 saturated carbocycles. The second-order valence-electron chi connectivity index (χ2n) is 6.65. The summed E-state index contributed by atoms with van der Waals surface area (Å²) in [6, 6.07) is 14.2. The normalized spacial score (nSPS) is 14.7. The highest BCUT2D eigenvalue weighted by molar-refractivity contribution is 5.91. The van der Waals surface area contributed by atoms with Gasteiger partial charge in [-0.3, -0.25) is 4.79 Å². The van der Waals surface area contributed by atoms with Gasteiger partial charge in [0.15, 0.2) is 0 Å². The summed E-state index contributed by atoms with van der Waals surface area (Å²) in [6.07, 6.45) is 6.69. The van der Waals surface area contributed by atoms with Crippen molar-refractivity contribution in [2.24, 2.45) is 0 Å². The van der Waals surface area contributed by atoms with Crippen LogP contribution in [0.2, 0.25) is 0 Å². The number of rotatable bonds is 5. The topological polar surface area (TPSA) is 52.6 Å². The highest BCUT2D eigenvalue weighted by atomic mass is 16.5. The lowest BCUT2D eigenvalue weighted by atomic mass is 9.84. The van der Waals surface area contributed by atoms with E-state index in [4.69, 9.17) is 9.47 Å². The van der Waals surface area contributed by atoms with Gasteiger partial charge in [-0.25, -0.2) is 4.79 Å². The Balaban J connectivity index is 1.59. The Hall–Kier alpha value is -2.62. The highest BCUT2D eigenvalue weighted by Gasteiger charge is 2.16. The molecule has 1 aliphatic rings. The molecule has 136 valence electrons. The summed E-state index contributed by atoms with van der Waals surface area (Å²) < 4.78 is 10.5. The lowest BCUT2D eigenvalue weighted by Crippen LogP contribution is -2.10. The molecule has 0 spiro atoms. The third-order valence-electron chi connectivity index (χ3n) is 4.78. The fourth-order valence-electron chi connectivity index (χ4n) is 3.27. The first-order chi connectivity index (χ1) is 12.7. The van der Waals surface area contributed by atoms with E-state index in [1.807, 2.05) is 24.3 Å². The van der Waals surface area contributed by atoms with Gasteiger partial charge in [0.2, 0.25) is 0 Å². The van der Waals surface area contributed by atoms with Gasteiger partial charge in [-0.1, -0.05) is 38.3 Å². The van der Waals surface area contributed by atoms with Gasteiger partial charge in [0.25, 0.3) is 0 Å². The SMILES string of the molecule is CCC(=O)Oc1ccc(OC(=O)c2ccc(C3CCCCC3)cc2)cc1. The summed E-state index contributed by atoms with van der Waals surface area (Å²) in [4.78, 5) is 23.6. The Morgan fingerprint density at radius 2 is 1.42 bits per heavy atom. The van der Waals surface area contributed by atoms with E-state index in [2.05, 4.69) is 0 Å². The molecule has 0 atom stereocenters. The fraction of sp³-hybridized carbons (Fsp3) is 0.364. The lowest BCUT2D eigenvalue weighted by Gasteiger charge is -2.21. The van der Waals surface area contributed by atoms with E-state index in [0.717, 1.165) is 0 Å². The second kappa shape index (κ2) is 8.65. The maximum atomic E-state index is 12.3. The minimum Gasteiger partial charge on any atom is -0.427 e. The fourth-order valence-corrected chi connectivity index (χ4v) is 3.27. The summed E-state index contributed by atoms with van der Waals surface area (Å²) in [5, 5.41) is 0. The van der Waals surface area contributed by atoms with Crippen molar-refractivity contribution >= 4 is 11.9 Å². The third-order valence-corrected chi connectivity index (χ3v) is 4.78. The number of benzene rings is 2. The number of carbonyl (C=O) groups is 2. The van der Waals surface area contributed by atoms with Gasteiger partial charge >= 0.3 is 11.9 Å². The molecular weight excluding hydrogens is 328 g/mol. The minimum absolute atomic E-state index is 0.298. The lowest BCUT2D eigenvalue weighted by molar-refractivity contribution is -0.134. The summed E-state index contributed by atoms with van der Waals surface area (Å²) in [6.45, 7) is 1.73. The monoisotopic (exact) mass is 352 g/mol. The van der Waals surface area contributed by atoms with Crippen LogP contribution in [0.3, 0.4) is 0 Å². The number of hydrogen-bond acceptors (Lipinski definition) is 4. The first-order valence-electron chi connectivity index (χ1n) is 9.28. The predicted octanol–water partition coefficient (Wildman–Crippen LogP) is 5.27. The molecule has 1 aliphatic carbocycles. The van der Waals surface area contributed by atoms with Crippen LogP contribution in [0.15, 0.2) is 48.5 Å². The quantitative estimate of drug-likeness (QED) is 0.543. The van der Waals surface area contributed by atoms with Crippen LogP contribution in [0, 0.1) is 0 Å². The zero-order chi connectivity index (χ0) is 18.4. The van der Waals surface area contributed by atoms with Gasteiger partial charge in [0, 0.05) is 6.42 Å². The molecule has 4 nitrogen and oxygen atoms in total. The predicted molar refractivity (Wildman–Crippen MR) is 99.6 cm³/mol. The Labute approximate surface area is 154 Å². The molecule has 0 aliphatic heterocycles. The molecule has 0 radical (unpaired) electrons. The van der Waals surface area contributed by atoms with Crippen LogP contribution >= 0.6 is 0 Å². The van der Waals surface area contributed by atoms with Gasteiger partial charge in [-0.2, -0.15) is 0 Å². The van der Waals surface area contributed by atoms with Gasteiger partial charge in [0.1, 0.15) is 11.5 Å². The Bertz CT molecular complexity index is 741. The van der Waals surface area contributed by atoms with Crippen LogP contribution < -0.4 is 9.47 Å². The summed E-state index contributed by atoms with van der Waals surface area (Å²) in [5.74, 6) is 0.787. The molecule has 0 aromatic heterocycles. The van der Waals surface area contributed by atoms with Crippen LogP contribution in [-0.2, 0) is 4.79 Å².